The standard InChI is InChI=1S/C11H13O/c1-10(12-2)8-9-11-6-4-3-5-7-11/h3-10H,1H2,2H3. The lowest BCUT2D eigenvalue weighted by atomic mass is 10.2. The van der Waals surface area contributed by atoms with E-state index >= 15 is 0 Å². The Labute approximate surface area is 73.7 Å². The molecule has 0 aliphatic carbocycles. The van der Waals surface area contributed by atoms with Crippen LogP contribution in [0.3, 0.4) is 0 Å². The first-order valence-corrected chi connectivity index (χ1v) is 3.92. The molecule has 0 saturated carbocycles. The van der Waals surface area contributed by atoms with Crippen LogP contribution in [-0.4, -0.2) is 13.2 Å². The van der Waals surface area contributed by atoms with Gasteiger partial charge < -0.3 is 4.74 Å². The van der Waals surface area contributed by atoms with Gasteiger partial charge in [-0.05, 0) is 12.5 Å². The van der Waals surface area contributed by atoms with Gasteiger partial charge in [0.05, 0.1) is 6.10 Å². The van der Waals surface area contributed by atoms with Gasteiger partial charge in [-0.2, -0.15) is 0 Å². The first-order valence-electron chi connectivity index (χ1n) is 3.92. The van der Waals surface area contributed by atoms with Crippen LogP contribution in [0.2, 0.25) is 0 Å². The number of methoxy groups -OCH3 is 1. The van der Waals surface area contributed by atoms with Crippen molar-refractivity contribution in [3.63, 3.8) is 0 Å². The molecule has 1 nitrogen and oxygen atoms in total. The summed E-state index contributed by atoms with van der Waals surface area (Å²) in [7, 11) is 1.65. The van der Waals surface area contributed by atoms with Gasteiger partial charge in [-0.25, -0.2) is 0 Å². The van der Waals surface area contributed by atoms with Gasteiger partial charge in [-0.15, -0.1) is 0 Å². The number of hydrogen-bond acceptors (Lipinski definition) is 1. The van der Waals surface area contributed by atoms with Crippen molar-refractivity contribution < 1.29 is 4.74 Å². The minimum absolute atomic E-state index is 0.0646. The average molecular weight is 161 g/mol. The molecule has 1 atom stereocenters. The van der Waals surface area contributed by atoms with E-state index in [4.69, 9.17) is 4.74 Å². The number of ether oxygens (including phenoxy) is 1. The second kappa shape index (κ2) is 4.73. The molecular formula is C11H13O. The summed E-state index contributed by atoms with van der Waals surface area (Å²) in [4.78, 5) is 0. The zero-order valence-electron chi connectivity index (χ0n) is 7.23. The van der Waals surface area contributed by atoms with Crippen LogP contribution < -0.4 is 0 Å². The van der Waals surface area contributed by atoms with Gasteiger partial charge in [0.1, 0.15) is 0 Å². The zero-order valence-corrected chi connectivity index (χ0v) is 7.23. The van der Waals surface area contributed by atoms with Crippen LogP contribution in [0.1, 0.15) is 5.56 Å². The quantitative estimate of drug-likeness (QED) is 0.662. The molecule has 1 radical (unpaired) electrons. The van der Waals surface area contributed by atoms with Crippen LogP contribution in [-0.2, 0) is 4.74 Å². The van der Waals surface area contributed by atoms with Gasteiger partial charge in [0.2, 0.25) is 0 Å². The zero-order chi connectivity index (χ0) is 8.81. The number of benzene rings is 1. The van der Waals surface area contributed by atoms with Crippen LogP contribution >= 0.6 is 0 Å². The lowest BCUT2D eigenvalue weighted by Crippen LogP contribution is -1.98. The predicted molar refractivity (Wildman–Crippen MR) is 51.6 cm³/mol. The molecule has 0 fully saturated rings. The smallest absolute Gasteiger partial charge is 0.0756 e. The summed E-state index contributed by atoms with van der Waals surface area (Å²) >= 11 is 0. The molecule has 0 N–H and O–H groups in total. The highest BCUT2D eigenvalue weighted by atomic mass is 16.5. The molecule has 1 unspecified atom stereocenters. The number of hydrogen-bond donors (Lipinski definition) is 0. The molecule has 1 aromatic rings. The van der Waals surface area contributed by atoms with Crippen LogP contribution in [0.5, 0.6) is 0 Å². The summed E-state index contributed by atoms with van der Waals surface area (Å²) in [6, 6.07) is 10.1. The summed E-state index contributed by atoms with van der Waals surface area (Å²) in [5, 5.41) is 0. The Bertz CT molecular complexity index is 238. The van der Waals surface area contributed by atoms with Gasteiger partial charge in [-0.3, -0.25) is 0 Å². The van der Waals surface area contributed by atoms with Crippen LogP contribution in [0.25, 0.3) is 6.08 Å². The summed E-state index contributed by atoms with van der Waals surface area (Å²) in [5.41, 5.74) is 1.17. The topological polar surface area (TPSA) is 9.23 Å². The van der Waals surface area contributed by atoms with E-state index in [1.807, 2.05) is 42.5 Å². The summed E-state index contributed by atoms with van der Waals surface area (Å²) in [6.45, 7) is 3.76. The SMILES string of the molecule is [CH2]C(C=Cc1ccccc1)OC. The maximum Gasteiger partial charge on any atom is 0.0756 e. The van der Waals surface area contributed by atoms with E-state index in [9.17, 15) is 0 Å². The minimum Gasteiger partial charge on any atom is -0.377 e. The fourth-order valence-corrected chi connectivity index (χ4v) is 0.861. The molecule has 0 aliphatic heterocycles. The Morgan fingerprint density at radius 1 is 1.33 bits per heavy atom. The van der Waals surface area contributed by atoms with E-state index in [0.717, 1.165) is 0 Å². The Morgan fingerprint density at radius 2 is 2.00 bits per heavy atom. The molecule has 0 bridgehead atoms. The van der Waals surface area contributed by atoms with Crippen molar-refractivity contribution in [3.8, 4) is 0 Å². The molecule has 12 heavy (non-hydrogen) atoms. The molecule has 0 aromatic heterocycles. The van der Waals surface area contributed by atoms with Gasteiger partial charge in [0.15, 0.2) is 0 Å². The molecule has 1 rings (SSSR count). The van der Waals surface area contributed by atoms with Gasteiger partial charge in [0, 0.05) is 7.11 Å². The maximum absolute atomic E-state index is 4.97. The van der Waals surface area contributed by atoms with E-state index < -0.39 is 0 Å². The van der Waals surface area contributed by atoms with Crippen LogP contribution in [0.15, 0.2) is 36.4 Å². The van der Waals surface area contributed by atoms with Crippen LogP contribution in [0.4, 0.5) is 0 Å². The van der Waals surface area contributed by atoms with Gasteiger partial charge in [0.25, 0.3) is 0 Å². The van der Waals surface area contributed by atoms with Gasteiger partial charge >= 0.3 is 0 Å². The van der Waals surface area contributed by atoms with E-state index in [-0.39, 0.29) is 6.10 Å². The fourth-order valence-electron chi connectivity index (χ4n) is 0.861. The average Bonchev–Trinajstić information content (AvgIpc) is 2.16. The molecule has 0 saturated heterocycles. The highest BCUT2D eigenvalue weighted by Gasteiger charge is 1.90. The first kappa shape index (κ1) is 9.01. The van der Waals surface area contributed by atoms with Crippen molar-refractivity contribution in [2.75, 3.05) is 7.11 Å². The van der Waals surface area contributed by atoms with E-state index in [1.54, 1.807) is 7.11 Å². The first-order chi connectivity index (χ1) is 5.83. The lowest BCUT2D eigenvalue weighted by Gasteiger charge is -2.00. The Hall–Kier alpha value is -1.08. The highest BCUT2D eigenvalue weighted by Crippen LogP contribution is 2.02. The van der Waals surface area contributed by atoms with E-state index in [0.29, 0.717) is 0 Å². The van der Waals surface area contributed by atoms with E-state index in [1.165, 1.54) is 5.56 Å². The maximum atomic E-state index is 4.97. The predicted octanol–water partition coefficient (Wildman–Crippen LogP) is 2.55. The van der Waals surface area contributed by atoms with Crippen molar-refractivity contribution >= 4 is 6.08 Å². The third-order valence-corrected chi connectivity index (χ3v) is 1.61. The van der Waals surface area contributed by atoms with E-state index in [2.05, 4.69) is 6.92 Å². The number of rotatable bonds is 3. The molecule has 0 heterocycles. The van der Waals surface area contributed by atoms with Crippen LogP contribution in [0, 0.1) is 6.92 Å². The normalized spacial score (nSPS) is 13.5. The monoisotopic (exact) mass is 161 g/mol. The molecule has 0 aliphatic rings. The molecule has 63 valence electrons. The van der Waals surface area contributed by atoms with Crippen molar-refractivity contribution in [2.24, 2.45) is 0 Å². The Kier molecular flexibility index (Phi) is 3.55. The summed E-state index contributed by atoms with van der Waals surface area (Å²) < 4.78 is 4.97. The van der Waals surface area contributed by atoms with Crippen molar-refractivity contribution in [1.82, 2.24) is 0 Å². The largest absolute Gasteiger partial charge is 0.377 e. The third-order valence-electron chi connectivity index (χ3n) is 1.61. The Balaban J connectivity index is 2.58. The molecular weight excluding hydrogens is 148 g/mol. The summed E-state index contributed by atoms with van der Waals surface area (Å²) in [6.07, 6.45) is 3.86. The molecule has 0 spiro atoms. The lowest BCUT2D eigenvalue weighted by molar-refractivity contribution is 0.176. The highest BCUT2D eigenvalue weighted by molar-refractivity contribution is 5.49. The van der Waals surface area contributed by atoms with Crippen molar-refractivity contribution in [1.29, 1.82) is 0 Å². The summed E-state index contributed by atoms with van der Waals surface area (Å²) in [5.74, 6) is 0. The Morgan fingerprint density at radius 3 is 2.58 bits per heavy atom. The molecule has 1 aromatic carbocycles. The van der Waals surface area contributed by atoms with Crippen molar-refractivity contribution in [2.45, 2.75) is 6.10 Å². The fraction of sp³-hybridized carbons (Fsp3) is 0.182. The third kappa shape index (κ3) is 2.89. The second-order valence-corrected chi connectivity index (χ2v) is 2.54. The second-order valence-electron chi connectivity index (χ2n) is 2.54. The van der Waals surface area contributed by atoms with Crippen molar-refractivity contribution in [3.05, 3.63) is 48.9 Å². The molecule has 0 amide bonds. The molecule has 1 heteroatoms. The van der Waals surface area contributed by atoms with Gasteiger partial charge in [-0.1, -0.05) is 42.5 Å². The minimum atomic E-state index is -0.0646.